The largest absolute Gasteiger partial charge is 0.462 e. The molecule has 1 aliphatic rings. The zero-order valence-corrected chi connectivity index (χ0v) is 17.2. The van der Waals surface area contributed by atoms with E-state index >= 15 is 0 Å². The summed E-state index contributed by atoms with van der Waals surface area (Å²) in [7, 11) is 0. The van der Waals surface area contributed by atoms with Crippen molar-refractivity contribution in [2.75, 3.05) is 6.54 Å². The zero-order chi connectivity index (χ0) is 22.0. The van der Waals surface area contributed by atoms with Gasteiger partial charge in [0.1, 0.15) is 18.1 Å². The summed E-state index contributed by atoms with van der Waals surface area (Å²) in [4.78, 5) is 47.8. The van der Waals surface area contributed by atoms with E-state index in [1.165, 1.54) is 18.2 Å². The first kappa shape index (κ1) is 21.3. The number of ether oxygens (including phenoxy) is 1. The summed E-state index contributed by atoms with van der Waals surface area (Å²) in [5.74, 6) is -0.599. The molecule has 9 nitrogen and oxygen atoms in total. The first-order valence-electron chi connectivity index (χ1n) is 8.96. The number of carbonyl (C=O) groups is 3. The summed E-state index contributed by atoms with van der Waals surface area (Å²) in [6.45, 7) is 4.67. The number of rotatable bonds is 6. The quantitative estimate of drug-likeness (QED) is 0.290. The SMILES string of the molecule is Cc1ccc([N+](=O)[O-])cc1-c1ccc(/C=C2/SC(=O)N(CC(=O)OC(C)C)C2=O)o1. The standard InChI is InChI=1S/C20H18N2O7S/c1-11(2)28-18(23)10-21-19(24)17(30-20(21)25)9-14-6-7-16(29-14)15-8-13(22(26)27)5-4-12(15)3/h4-9,11H,10H2,1-3H3/b17-9+. The number of nitro benzene ring substituents is 1. The maximum Gasteiger partial charge on any atom is 0.326 e. The van der Waals surface area contributed by atoms with Crippen LogP contribution in [0.5, 0.6) is 0 Å². The van der Waals surface area contributed by atoms with Gasteiger partial charge in [-0.15, -0.1) is 0 Å². The van der Waals surface area contributed by atoms with Gasteiger partial charge in [0.05, 0.1) is 15.9 Å². The van der Waals surface area contributed by atoms with Crippen molar-refractivity contribution in [3.8, 4) is 11.3 Å². The molecule has 30 heavy (non-hydrogen) atoms. The molecule has 2 amide bonds. The number of furan rings is 1. The molecular formula is C20H18N2O7S. The van der Waals surface area contributed by atoms with Gasteiger partial charge in [0, 0.05) is 23.8 Å². The number of nitro groups is 1. The molecule has 0 saturated carbocycles. The van der Waals surface area contributed by atoms with Crippen molar-refractivity contribution in [2.24, 2.45) is 0 Å². The van der Waals surface area contributed by atoms with E-state index in [0.29, 0.717) is 28.8 Å². The van der Waals surface area contributed by atoms with Crippen LogP contribution >= 0.6 is 11.8 Å². The van der Waals surface area contributed by atoms with Crippen molar-refractivity contribution in [3.63, 3.8) is 0 Å². The number of carbonyl (C=O) groups excluding carboxylic acids is 3. The van der Waals surface area contributed by atoms with Crippen LogP contribution in [0.15, 0.2) is 39.7 Å². The predicted octanol–water partition coefficient (Wildman–Crippen LogP) is 4.15. The number of nitrogens with zero attached hydrogens (tertiary/aromatic N) is 2. The maximum atomic E-state index is 12.5. The molecule has 1 aromatic carbocycles. The van der Waals surface area contributed by atoms with E-state index in [1.54, 1.807) is 39.0 Å². The van der Waals surface area contributed by atoms with Gasteiger partial charge in [-0.2, -0.15) is 0 Å². The average molecular weight is 430 g/mol. The first-order chi connectivity index (χ1) is 14.2. The second-order valence-corrected chi connectivity index (χ2v) is 7.76. The number of hydrogen-bond donors (Lipinski definition) is 0. The van der Waals surface area contributed by atoms with Crippen molar-refractivity contribution >= 4 is 40.6 Å². The number of amides is 2. The minimum absolute atomic E-state index is 0.0667. The minimum Gasteiger partial charge on any atom is -0.462 e. The predicted molar refractivity (Wildman–Crippen MR) is 109 cm³/mol. The van der Waals surface area contributed by atoms with Crippen LogP contribution in [0.2, 0.25) is 0 Å². The number of non-ortho nitro benzene ring substituents is 1. The second-order valence-electron chi connectivity index (χ2n) is 6.76. The van der Waals surface area contributed by atoms with Crippen molar-refractivity contribution in [2.45, 2.75) is 26.9 Å². The molecule has 0 bridgehead atoms. The molecule has 0 atom stereocenters. The number of benzene rings is 1. The molecule has 1 fully saturated rings. The minimum atomic E-state index is -0.671. The normalized spacial score (nSPS) is 15.3. The van der Waals surface area contributed by atoms with Crippen LogP contribution in [0.4, 0.5) is 10.5 Å². The summed E-state index contributed by atoms with van der Waals surface area (Å²) < 4.78 is 10.7. The number of hydrogen-bond acceptors (Lipinski definition) is 8. The van der Waals surface area contributed by atoms with Gasteiger partial charge in [-0.05, 0) is 50.2 Å². The van der Waals surface area contributed by atoms with Gasteiger partial charge in [0.15, 0.2) is 0 Å². The Labute approximate surface area is 175 Å². The fourth-order valence-electron chi connectivity index (χ4n) is 2.76. The van der Waals surface area contributed by atoms with Gasteiger partial charge in [-0.1, -0.05) is 6.07 Å². The van der Waals surface area contributed by atoms with Crippen molar-refractivity contribution in [1.82, 2.24) is 4.90 Å². The molecule has 1 aliphatic heterocycles. The lowest BCUT2D eigenvalue weighted by molar-refractivity contribution is -0.384. The number of thioether (sulfide) groups is 1. The van der Waals surface area contributed by atoms with E-state index in [0.717, 1.165) is 10.5 Å². The lowest BCUT2D eigenvalue weighted by atomic mass is 10.1. The highest BCUT2D eigenvalue weighted by Crippen LogP contribution is 2.34. The molecule has 10 heteroatoms. The maximum absolute atomic E-state index is 12.5. The zero-order valence-electron chi connectivity index (χ0n) is 16.4. The third-order valence-electron chi connectivity index (χ3n) is 4.13. The molecule has 0 N–H and O–H groups in total. The highest BCUT2D eigenvalue weighted by molar-refractivity contribution is 8.18. The van der Waals surface area contributed by atoms with Gasteiger partial charge in [0.2, 0.25) is 0 Å². The Hall–Kier alpha value is -3.40. The Morgan fingerprint density at radius 1 is 1.30 bits per heavy atom. The van der Waals surface area contributed by atoms with Crippen LogP contribution in [0.25, 0.3) is 17.4 Å². The smallest absolute Gasteiger partial charge is 0.326 e. The highest BCUT2D eigenvalue weighted by Gasteiger charge is 2.37. The van der Waals surface area contributed by atoms with Crippen LogP contribution in [-0.2, 0) is 14.3 Å². The number of aryl methyl sites for hydroxylation is 1. The molecule has 0 spiro atoms. The van der Waals surface area contributed by atoms with Gasteiger partial charge in [-0.3, -0.25) is 29.4 Å². The molecule has 156 valence electrons. The Kier molecular flexibility index (Phi) is 6.06. The van der Waals surface area contributed by atoms with Crippen molar-refractivity contribution in [1.29, 1.82) is 0 Å². The Bertz CT molecular complexity index is 1070. The molecule has 1 aromatic heterocycles. The molecule has 0 radical (unpaired) electrons. The van der Waals surface area contributed by atoms with Crippen molar-refractivity contribution < 1.29 is 28.5 Å². The third kappa shape index (κ3) is 4.60. The first-order valence-corrected chi connectivity index (χ1v) is 9.77. The van der Waals surface area contributed by atoms with E-state index in [2.05, 4.69) is 0 Å². The van der Waals surface area contributed by atoms with Gasteiger partial charge in [0.25, 0.3) is 16.8 Å². The highest BCUT2D eigenvalue weighted by atomic mass is 32.2. The van der Waals surface area contributed by atoms with Crippen molar-refractivity contribution in [3.05, 3.63) is 56.7 Å². The Morgan fingerprint density at radius 3 is 2.70 bits per heavy atom. The summed E-state index contributed by atoms with van der Waals surface area (Å²) in [6.07, 6.45) is 1.04. The summed E-state index contributed by atoms with van der Waals surface area (Å²) in [6, 6.07) is 7.66. The van der Waals surface area contributed by atoms with E-state index in [1.807, 2.05) is 0 Å². The van der Waals surface area contributed by atoms with Crippen LogP contribution in [-0.4, -0.2) is 39.6 Å². The average Bonchev–Trinajstić information content (AvgIpc) is 3.22. The number of esters is 1. The lowest BCUT2D eigenvalue weighted by Gasteiger charge is -2.13. The summed E-state index contributed by atoms with van der Waals surface area (Å²) in [5, 5.41) is 10.4. The van der Waals surface area contributed by atoms with E-state index in [9.17, 15) is 24.5 Å². The monoisotopic (exact) mass is 430 g/mol. The Morgan fingerprint density at radius 2 is 2.03 bits per heavy atom. The van der Waals surface area contributed by atoms with Crippen LogP contribution in [0.1, 0.15) is 25.2 Å². The van der Waals surface area contributed by atoms with Crippen LogP contribution < -0.4 is 0 Å². The molecule has 2 aromatic rings. The van der Waals surface area contributed by atoms with Crippen LogP contribution in [0.3, 0.4) is 0 Å². The van der Waals surface area contributed by atoms with E-state index < -0.39 is 28.6 Å². The summed E-state index contributed by atoms with van der Waals surface area (Å²) >= 11 is 0.694. The fourth-order valence-corrected chi connectivity index (χ4v) is 3.58. The lowest BCUT2D eigenvalue weighted by Crippen LogP contribution is -2.35. The second kappa shape index (κ2) is 8.54. The number of imide groups is 1. The molecule has 0 unspecified atom stereocenters. The molecule has 3 rings (SSSR count). The molecule has 1 saturated heterocycles. The summed E-state index contributed by atoms with van der Waals surface area (Å²) in [5.41, 5.74) is 1.27. The van der Waals surface area contributed by atoms with E-state index in [-0.39, 0.29) is 16.7 Å². The third-order valence-corrected chi connectivity index (χ3v) is 5.03. The molecule has 2 heterocycles. The van der Waals surface area contributed by atoms with Gasteiger partial charge >= 0.3 is 5.97 Å². The topological polar surface area (TPSA) is 120 Å². The molecular weight excluding hydrogens is 412 g/mol. The Balaban J connectivity index is 1.81. The molecule has 0 aliphatic carbocycles. The van der Waals surface area contributed by atoms with Gasteiger partial charge < -0.3 is 9.15 Å². The van der Waals surface area contributed by atoms with Gasteiger partial charge in [-0.25, -0.2) is 0 Å². The van der Waals surface area contributed by atoms with E-state index in [4.69, 9.17) is 9.15 Å². The fraction of sp³-hybridized carbons (Fsp3) is 0.250. The van der Waals surface area contributed by atoms with Crippen LogP contribution in [0, 0.1) is 17.0 Å².